The maximum Gasteiger partial charge on any atom is 0.0668 e. The molecule has 1 nitrogen and oxygen atoms in total. The van der Waals surface area contributed by atoms with Crippen molar-refractivity contribution in [1.29, 1.82) is 0 Å². The highest BCUT2D eigenvalue weighted by atomic mass is 127. The van der Waals surface area contributed by atoms with Crippen molar-refractivity contribution in [3.63, 3.8) is 0 Å². The van der Waals surface area contributed by atoms with Crippen LogP contribution in [-0.2, 0) is 0 Å². The lowest BCUT2D eigenvalue weighted by atomic mass is 10.1. The Morgan fingerprint density at radius 1 is 1.13 bits per heavy atom. The molecule has 0 aliphatic rings. The lowest BCUT2D eigenvalue weighted by Gasteiger charge is -2.18. The summed E-state index contributed by atoms with van der Waals surface area (Å²) in [6, 6.07) is 12.9. The van der Waals surface area contributed by atoms with Crippen molar-refractivity contribution in [3.8, 4) is 0 Å². The van der Waals surface area contributed by atoms with Gasteiger partial charge in [-0.3, -0.25) is 0 Å². The van der Waals surface area contributed by atoms with Gasteiger partial charge in [-0.15, -0.1) is 0 Å². The normalized spacial score (nSPS) is 10.6. The Balaban J connectivity index is 2.74. The van der Waals surface area contributed by atoms with E-state index in [1.54, 1.807) is 0 Å². The summed E-state index contributed by atoms with van der Waals surface area (Å²) in [5.41, 5.74) is 1.33. The monoisotopic (exact) mass is 423 g/mol. The molecule has 0 N–H and O–H groups in total. The molecule has 0 bridgehead atoms. The third-order valence-electron chi connectivity index (χ3n) is 2.37. The highest BCUT2D eigenvalue weighted by Gasteiger charge is 2.09. The van der Waals surface area contributed by atoms with Gasteiger partial charge in [0.2, 0.25) is 0 Å². The van der Waals surface area contributed by atoms with Gasteiger partial charge in [-0.05, 0) is 41.0 Å². The number of nitrogens with zero attached hydrogens (tertiary/aromatic N) is 1. The quantitative estimate of drug-likeness (QED) is 0.504. The first kappa shape index (κ1) is 11.4. The second-order valence-electron chi connectivity index (χ2n) is 3.30. The van der Waals surface area contributed by atoms with Crippen molar-refractivity contribution in [2.75, 3.05) is 9.66 Å². The van der Waals surface area contributed by atoms with Gasteiger partial charge in [0.1, 0.15) is 0 Å². The van der Waals surface area contributed by atoms with E-state index in [9.17, 15) is 0 Å². The van der Waals surface area contributed by atoms with E-state index < -0.39 is 0 Å². The number of hydrogen-bond donors (Lipinski definition) is 0. The highest BCUT2D eigenvalue weighted by Crippen LogP contribution is 2.33. The van der Waals surface area contributed by atoms with Gasteiger partial charge in [-0.1, -0.05) is 30.3 Å². The average molecular weight is 423 g/mol. The zero-order valence-corrected chi connectivity index (χ0v) is 12.7. The van der Waals surface area contributed by atoms with Gasteiger partial charge in [0.05, 0.1) is 28.6 Å². The fourth-order valence-corrected chi connectivity index (χ4v) is 3.38. The summed E-state index contributed by atoms with van der Waals surface area (Å²) in [7, 11) is 0. The fourth-order valence-electron chi connectivity index (χ4n) is 1.63. The molecule has 2 rings (SSSR count). The lowest BCUT2D eigenvalue weighted by Crippen LogP contribution is -2.09. The van der Waals surface area contributed by atoms with Crippen LogP contribution in [0.15, 0.2) is 36.4 Å². The van der Waals surface area contributed by atoms with Gasteiger partial charge in [0, 0.05) is 15.5 Å². The predicted molar refractivity (Wildman–Crippen MR) is 83.7 cm³/mol. The highest BCUT2D eigenvalue weighted by molar-refractivity contribution is 14.1. The van der Waals surface area contributed by atoms with Crippen LogP contribution in [0.4, 0.5) is 5.69 Å². The van der Waals surface area contributed by atoms with Crippen molar-refractivity contribution < 1.29 is 0 Å². The van der Waals surface area contributed by atoms with Crippen LogP contribution in [-0.4, -0.2) is 6.54 Å². The Morgan fingerprint density at radius 3 is 2.60 bits per heavy atom. The third kappa shape index (κ3) is 2.22. The first-order valence-electron chi connectivity index (χ1n) is 4.84. The van der Waals surface area contributed by atoms with E-state index in [0.717, 1.165) is 6.54 Å². The molecular weight excluding hydrogens is 412 g/mol. The SMILES string of the molecule is CCN(I)c1c(I)ccc2ccccc12. The fraction of sp³-hybridized carbons (Fsp3) is 0.167. The Hall–Kier alpha value is -0.0400. The van der Waals surface area contributed by atoms with Crippen LogP contribution in [0.3, 0.4) is 0 Å². The summed E-state index contributed by atoms with van der Waals surface area (Å²) in [6.07, 6.45) is 0. The minimum absolute atomic E-state index is 1.02. The van der Waals surface area contributed by atoms with E-state index in [1.165, 1.54) is 20.0 Å². The van der Waals surface area contributed by atoms with Crippen molar-refractivity contribution in [2.24, 2.45) is 0 Å². The molecule has 2 aromatic rings. The van der Waals surface area contributed by atoms with Crippen LogP contribution in [0.2, 0.25) is 0 Å². The Kier molecular flexibility index (Phi) is 3.71. The molecule has 0 spiro atoms. The number of benzene rings is 2. The predicted octanol–water partition coefficient (Wildman–Crippen LogP) is 4.62. The average Bonchev–Trinajstić information content (AvgIpc) is 2.28. The molecule has 3 heteroatoms. The van der Waals surface area contributed by atoms with Crippen LogP contribution >= 0.6 is 45.5 Å². The van der Waals surface area contributed by atoms with Crippen LogP contribution in [0, 0.1) is 3.57 Å². The van der Waals surface area contributed by atoms with Gasteiger partial charge in [0.25, 0.3) is 0 Å². The molecule has 0 aliphatic carbocycles. The van der Waals surface area contributed by atoms with Crippen molar-refractivity contribution in [1.82, 2.24) is 0 Å². The van der Waals surface area contributed by atoms with Gasteiger partial charge in [-0.2, -0.15) is 0 Å². The first-order chi connectivity index (χ1) is 7.24. The number of fused-ring (bicyclic) bond motifs is 1. The minimum atomic E-state index is 1.02. The number of halogens is 2. The smallest absolute Gasteiger partial charge is 0.0668 e. The Bertz CT molecular complexity index is 482. The number of hydrogen-bond acceptors (Lipinski definition) is 1. The zero-order valence-electron chi connectivity index (χ0n) is 8.37. The van der Waals surface area contributed by atoms with Crippen LogP contribution in [0.1, 0.15) is 6.92 Å². The van der Waals surface area contributed by atoms with E-state index >= 15 is 0 Å². The van der Waals surface area contributed by atoms with E-state index in [-0.39, 0.29) is 0 Å². The minimum Gasteiger partial charge on any atom is -0.313 e. The lowest BCUT2D eigenvalue weighted by molar-refractivity contribution is 1.14. The zero-order chi connectivity index (χ0) is 10.8. The summed E-state index contributed by atoms with van der Waals surface area (Å²) in [4.78, 5) is 0. The number of rotatable bonds is 2. The molecule has 0 atom stereocenters. The standard InChI is InChI=1S/C12H11I2N/c1-2-15(14)12-10-6-4-3-5-9(10)7-8-11(12)13/h3-8H,2H2,1H3. The van der Waals surface area contributed by atoms with Crippen molar-refractivity contribution >= 4 is 61.9 Å². The van der Waals surface area contributed by atoms with Gasteiger partial charge < -0.3 is 3.11 Å². The largest absolute Gasteiger partial charge is 0.313 e. The van der Waals surface area contributed by atoms with Crippen molar-refractivity contribution in [3.05, 3.63) is 40.0 Å². The molecule has 0 aromatic heterocycles. The maximum absolute atomic E-state index is 2.40. The second kappa shape index (κ2) is 4.86. The molecular formula is C12H11I2N. The summed E-state index contributed by atoms with van der Waals surface area (Å²) in [5.74, 6) is 0. The molecule has 2 aromatic carbocycles. The summed E-state index contributed by atoms with van der Waals surface area (Å²) in [6.45, 7) is 3.19. The van der Waals surface area contributed by atoms with Crippen molar-refractivity contribution in [2.45, 2.75) is 6.92 Å². The molecule has 0 heterocycles. The van der Waals surface area contributed by atoms with E-state index in [2.05, 4.69) is 91.9 Å². The Labute approximate surface area is 117 Å². The summed E-state index contributed by atoms with van der Waals surface area (Å²) in [5, 5.41) is 2.64. The molecule has 15 heavy (non-hydrogen) atoms. The van der Waals surface area contributed by atoms with Gasteiger partial charge in [0.15, 0.2) is 0 Å². The van der Waals surface area contributed by atoms with Crippen LogP contribution in [0.25, 0.3) is 10.8 Å². The number of anilines is 1. The maximum atomic E-state index is 2.40. The second-order valence-corrected chi connectivity index (χ2v) is 5.62. The van der Waals surface area contributed by atoms with Crippen LogP contribution < -0.4 is 3.11 Å². The first-order valence-corrected chi connectivity index (χ1v) is 6.89. The molecule has 78 valence electrons. The van der Waals surface area contributed by atoms with Crippen LogP contribution in [0.5, 0.6) is 0 Å². The molecule has 0 aliphatic heterocycles. The summed E-state index contributed by atoms with van der Waals surface area (Å²) < 4.78 is 3.57. The molecule has 0 unspecified atom stereocenters. The van der Waals surface area contributed by atoms with Gasteiger partial charge >= 0.3 is 0 Å². The summed E-state index contributed by atoms with van der Waals surface area (Å²) >= 11 is 4.77. The van der Waals surface area contributed by atoms with E-state index in [4.69, 9.17) is 0 Å². The molecule has 0 radical (unpaired) electrons. The Morgan fingerprint density at radius 2 is 1.87 bits per heavy atom. The van der Waals surface area contributed by atoms with E-state index in [1.807, 2.05) is 0 Å². The molecule has 0 saturated heterocycles. The molecule has 0 fully saturated rings. The third-order valence-corrected chi connectivity index (χ3v) is 4.41. The topological polar surface area (TPSA) is 3.24 Å². The van der Waals surface area contributed by atoms with E-state index in [0.29, 0.717) is 0 Å². The van der Waals surface area contributed by atoms with Gasteiger partial charge in [-0.25, -0.2) is 0 Å². The molecule has 0 saturated carbocycles. The molecule has 0 amide bonds.